The second kappa shape index (κ2) is 8.33. The van der Waals surface area contributed by atoms with Crippen LogP contribution in [0.1, 0.15) is 23.3 Å². The van der Waals surface area contributed by atoms with E-state index in [2.05, 4.69) is 42.6 Å². The lowest BCUT2D eigenvalue weighted by molar-refractivity contribution is 0.0216. The van der Waals surface area contributed by atoms with E-state index >= 15 is 0 Å². The van der Waals surface area contributed by atoms with Gasteiger partial charge in [-0.05, 0) is 16.0 Å². The highest BCUT2D eigenvalue weighted by Gasteiger charge is 2.29. The summed E-state index contributed by atoms with van der Waals surface area (Å²) in [6.07, 6.45) is 1.48. The van der Waals surface area contributed by atoms with Crippen LogP contribution in [0.15, 0.2) is 36.7 Å². The summed E-state index contributed by atoms with van der Waals surface area (Å²) in [4.78, 5) is 6.62. The Morgan fingerprint density at radius 2 is 1.93 bits per heavy atom. The molecule has 1 aliphatic heterocycles. The third-order valence-electron chi connectivity index (χ3n) is 4.63. The highest BCUT2D eigenvalue weighted by Crippen LogP contribution is 2.27. The number of aliphatic hydroxyl groups is 1. The summed E-state index contributed by atoms with van der Waals surface area (Å²) in [5.74, 6) is 1.45. The Bertz CT molecular complexity index is 844. The minimum atomic E-state index is -0.0701. The lowest BCUT2D eigenvalue weighted by atomic mass is 10.0. The molecule has 1 fully saturated rings. The maximum atomic E-state index is 9.20. The zero-order valence-corrected chi connectivity index (χ0v) is 14.9. The number of aliphatic hydroxyl groups excluding tert-OH is 1. The fourth-order valence-corrected chi connectivity index (χ4v) is 3.34. The van der Waals surface area contributed by atoms with E-state index in [0.717, 1.165) is 24.5 Å². The van der Waals surface area contributed by atoms with Crippen LogP contribution in [0, 0.1) is 0 Å². The lowest BCUT2D eigenvalue weighted by Gasteiger charge is -2.33. The molecule has 1 atom stereocenters. The van der Waals surface area contributed by atoms with E-state index in [9.17, 15) is 5.11 Å². The van der Waals surface area contributed by atoms with E-state index in [1.165, 1.54) is 6.33 Å². The molecule has 3 heterocycles. The van der Waals surface area contributed by atoms with E-state index < -0.39 is 0 Å². The third-order valence-corrected chi connectivity index (χ3v) is 4.63. The van der Waals surface area contributed by atoms with Gasteiger partial charge in [0.1, 0.15) is 18.7 Å². The van der Waals surface area contributed by atoms with Crippen molar-refractivity contribution in [2.45, 2.75) is 19.1 Å². The molecule has 27 heavy (non-hydrogen) atoms. The van der Waals surface area contributed by atoms with Crippen LogP contribution in [0.25, 0.3) is 0 Å². The maximum Gasteiger partial charge on any atom is 0.173 e. The van der Waals surface area contributed by atoms with Crippen molar-refractivity contribution >= 4 is 0 Å². The van der Waals surface area contributed by atoms with Gasteiger partial charge in [0.2, 0.25) is 0 Å². The molecule has 2 aromatic heterocycles. The average Bonchev–Trinajstić information content (AvgIpc) is 3.35. The van der Waals surface area contributed by atoms with E-state index in [1.807, 2.05) is 18.2 Å². The van der Waals surface area contributed by atoms with Crippen LogP contribution >= 0.6 is 0 Å². The molecule has 0 bridgehead atoms. The minimum absolute atomic E-state index is 0.000752. The molecule has 0 radical (unpaired) electrons. The molecule has 0 spiro atoms. The van der Waals surface area contributed by atoms with Gasteiger partial charge in [-0.3, -0.25) is 4.90 Å². The van der Waals surface area contributed by atoms with Gasteiger partial charge >= 0.3 is 0 Å². The van der Waals surface area contributed by atoms with E-state index in [4.69, 9.17) is 4.74 Å². The second-order valence-corrected chi connectivity index (χ2v) is 6.28. The molecule has 1 aliphatic rings. The van der Waals surface area contributed by atoms with E-state index in [-0.39, 0.29) is 12.6 Å². The number of aromatic nitrogens is 7. The van der Waals surface area contributed by atoms with Gasteiger partial charge in [-0.1, -0.05) is 30.3 Å². The number of benzene rings is 1. The van der Waals surface area contributed by atoms with Crippen LogP contribution in [0.2, 0.25) is 0 Å². The average molecular weight is 370 g/mol. The van der Waals surface area contributed by atoms with Crippen molar-refractivity contribution in [2.24, 2.45) is 0 Å². The van der Waals surface area contributed by atoms with Crippen molar-refractivity contribution in [2.75, 3.05) is 32.9 Å². The molecular formula is C17H22N8O2. The zero-order chi connectivity index (χ0) is 18.5. The summed E-state index contributed by atoms with van der Waals surface area (Å²) in [7, 11) is 0. The van der Waals surface area contributed by atoms with Gasteiger partial charge in [0.05, 0.1) is 32.4 Å². The number of tetrazole rings is 1. The molecular weight excluding hydrogens is 348 g/mol. The Hall–Kier alpha value is -2.69. The van der Waals surface area contributed by atoms with Crippen molar-refractivity contribution in [1.82, 2.24) is 39.9 Å². The number of morpholine rings is 1. The van der Waals surface area contributed by atoms with Gasteiger partial charge in [-0.25, -0.2) is 14.3 Å². The van der Waals surface area contributed by atoms with Crippen LogP contribution in [-0.4, -0.2) is 77.9 Å². The third kappa shape index (κ3) is 3.87. The molecule has 1 N–H and O–H groups in total. The quantitative estimate of drug-likeness (QED) is 0.606. The predicted molar refractivity (Wildman–Crippen MR) is 94.7 cm³/mol. The Kier molecular flexibility index (Phi) is 5.47. The summed E-state index contributed by atoms with van der Waals surface area (Å²) >= 11 is 0. The number of rotatable bonds is 7. The Labute approximate surface area is 156 Å². The first-order chi connectivity index (χ1) is 13.4. The molecule has 0 aliphatic carbocycles. The summed E-state index contributed by atoms with van der Waals surface area (Å²) in [6, 6.07) is 10.2. The maximum absolute atomic E-state index is 9.20. The van der Waals surface area contributed by atoms with Crippen LogP contribution in [0.4, 0.5) is 0 Å². The largest absolute Gasteiger partial charge is 0.394 e. The van der Waals surface area contributed by atoms with Crippen molar-refractivity contribution in [3.05, 3.63) is 53.9 Å². The molecule has 3 aromatic rings. The first-order valence-electron chi connectivity index (χ1n) is 8.97. The highest BCUT2D eigenvalue weighted by atomic mass is 16.5. The van der Waals surface area contributed by atoms with Crippen LogP contribution in [-0.2, 0) is 17.8 Å². The number of hydrogen-bond donors (Lipinski definition) is 1. The van der Waals surface area contributed by atoms with Crippen molar-refractivity contribution in [3.63, 3.8) is 0 Å². The Morgan fingerprint density at radius 1 is 1.11 bits per heavy atom. The van der Waals surface area contributed by atoms with Crippen molar-refractivity contribution < 1.29 is 9.84 Å². The first-order valence-corrected chi connectivity index (χ1v) is 8.97. The zero-order valence-electron chi connectivity index (χ0n) is 14.9. The smallest absolute Gasteiger partial charge is 0.173 e. The molecule has 10 nitrogen and oxygen atoms in total. The molecule has 0 saturated carbocycles. The van der Waals surface area contributed by atoms with Gasteiger partial charge < -0.3 is 9.84 Å². The summed E-state index contributed by atoms with van der Waals surface area (Å²) < 4.78 is 8.94. The van der Waals surface area contributed by atoms with Crippen LogP contribution in [0.3, 0.4) is 0 Å². The minimum Gasteiger partial charge on any atom is -0.394 e. The van der Waals surface area contributed by atoms with Gasteiger partial charge in [-0.15, -0.1) is 5.10 Å². The number of ether oxygens (including phenoxy) is 1. The topological polar surface area (TPSA) is 107 Å². The van der Waals surface area contributed by atoms with Gasteiger partial charge in [0.15, 0.2) is 5.82 Å². The Balaban J connectivity index is 1.67. The molecule has 10 heteroatoms. The standard InChI is InChI=1S/C17H22N8O2/c26-9-6-24-15(18-13-19-24)12-25-17(20-21-22-25)16(14-4-2-1-3-5-14)23-7-10-27-11-8-23/h1-5,13,16,26H,6-12H2. The number of hydrogen-bond acceptors (Lipinski definition) is 8. The SMILES string of the molecule is OCCn1ncnc1Cn1nnnc1C(c1ccccc1)N1CCOCC1. The molecule has 0 amide bonds. The van der Waals surface area contributed by atoms with Crippen LogP contribution < -0.4 is 0 Å². The molecule has 1 unspecified atom stereocenters. The molecule has 1 saturated heterocycles. The van der Waals surface area contributed by atoms with Gasteiger partial charge in [-0.2, -0.15) is 5.10 Å². The molecule has 142 valence electrons. The van der Waals surface area contributed by atoms with Gasteiger partial charge in [0, 0.05) is 13.1 Å². The number of nitrogens with zero attached hydrogens (tertiary/aromatic N) is 8. The van der Waals surface area contributed by atoms with Crippen molar-refractivity contribution in [3.8, 4) is 0 Å². The normalized spacial score (nSPS) is 16.5. The van der Waals surface area contributed by atoms with Gasteiger partial charge in [0.25, 0.3) is 0 Å². The Morgan fingerprint density at radius 3 is 2.70 bits per heavy atom. The summed E-state index contributed by atoms with van der Waals surface area (Å²) in [5, 5.41) is 25.8. The molecule has 1 aromatic carbocycles. The lowest BCUT2D eigenvalue weighted by Crippen LogP contribution is -2.40. The van der Waals surface area contributed by atoms with E-state index in [1.54, 1.807) is 9.36 Å². The summed E-state index contributed by atoms with van der Waals surface area (Å²) in [5.41, 5.74) is 1.13. The van der Waals surface area contributed by atoms with Crippen molar-refractivity contribution in [1.29, 1.82) is 0 Å². The van der Waals surface area contributed by atoms with Crippen LogP contribution in [0.5, 0.6) is 0 Å². The predicted octanol–water partition coefficient (Wildman–Crippen LogP) is -0.273. The fourth-order valence-electron chi connectivity index (χ4n) is 3.34. The summed E-state index contributed by atoms with van der Waals surface area (Å²) in [6.45, 7) is 3.78. The molecule has 4 rings (SSSR count). The second-order valence-electron chi connectivity index (χ2n) is 6.28. The first kappa shape index (κ1) is 17.7. The fraction of sp³-hybridized carbons (Fsp3) is 0.471. The van der Waals surface area contributed by atoms with E-state index in [0.29, 0.717) is 32.1 Å². The monoisotopic (exact) mass is 370 g/mol. The highest BCUT2D eigenvalue weighted by molar-refractivity contribution is 5.25.